The number of hydrogen-bond donors (Lipinski definition) is 1. The second-order valence-electron chi connectivity index (χ2n) is 6.64. The van der Waals surface area contributed by atoms with Gasteiger partial charge in [-0.3, -0.25) is 9.48 Å². The molecule has 1 fully saturated rings. The molecule has 26 heavy (non-hydrogen) atoms. The largest absolute Gasteiger partial charge is 0.326 e. The number of nitrogens with zero attached hydrogens (tertiary/aromatic N) is 3. The maximum Gasteiger partial charge on any atom is 0.243 e. The zero-order valence-corrected chi connectivity index (χ0v) is 16.1. The molecule has 1 aliphatic rings. The van der Waals surface area contributed by atoms with Crippen molar-refractivity contribution in [3.05, 3.63) is 41.2 Å². The number of aromatic nitrogens is 2. The third kappa shape index (κ3) is 3.66. The van der Waals surface area contributed by atoms with Crippen LogP contribution in [0.15, 0.2) is 29.2 Å². The van der Waals surface area contributed by atoms with Crippen molar-refractivity contribution >= 4 is 21.6 Å². The molecule has 2 aromatic rings. The fourth-order valence-corrected chi connectivity index (χ4v) is 4.81. The van der Waals surface area contributed by atoms with Gasteiger partial charge in [0.1, 0.15) is 0 Å². The standard InChI is InChI=1S/C18H24N4O3S/c1-13-17(14(2)21(3)20-13)12-18(23)19-15-7-6-8-16(11-15)26(24,25)22-9-4-5-10-22/h6-8,11H,4-5,9-10,12H2,1-3H3,(H,19,23). The summed E-state index contributed by atoms with van der Waals surface area (Å²) in [6.45, 7) is 4.90. The summed E-state index contributed by atoms with van der Waals surface area (Å²) in [6, 6.07) is 6.44. The Hall–Kier alpha value is -2.19. The summed E-state index contributed by atoms with van der Waals surface area (Å²) in [5.41, 5.74) is 3.15. The number of hydrogen-bond acceptors (Lipinski definition) is 4. The first-order chi connectivity index (χ1) is 12.3. The number of sulfonamides is 1. The van der Waals surface area contributed by atoms with Crippen molar-refractivity contribution in [2.24, 2.45) is 7.05 Å². The van der Waals surface area contributed by atoms with Crippen molar-refractivity contribution in [2.75, 3.05) is 18.4 Å². The van der Waals surface area contributed by atoms with Crippen molar-refractivity contribution in [1.29, 1.82) is 0 Å². The summed E-state index contributed by atoms with van der Waals surface area (Å²) in [6.07, 6.45) is 1.98. The lowest BCUT2D eigenvalue weighted by Crippen LogP contribution is -2.28. The van der Waals surface area contributed by atoms with Gasteiger partial charge in [0.25, 0.3) is 0 Å². The molecule has 2 heterocycles. The van der Waals surface area contributed by atoms with Gasteiger partial charge in [-0.15, -0.1) is 0 Å². The molecule has 0 saturated carbocycles. The van der Waals surface area contributed by atoms with Gasteiger partial charge in [0.2, 0.25) is 15.9 Å². The summed E-state index contributed by atoms with van der Waals surface area (Å²) < 4.78 is 28.6. The Balaban J connectivity index is 1.75. The molecule has 7 nitrogen and oxygen atoms in total. The molecule has 1 aliphatic heterocycles. The summed E-state index contributed by atoms with van der Waals surface area (Å²) >= 11 is 0. The summed E-state index contributed by atoms with van der Waals surface area (Å²) in [4.78, 5) is 12.6. The Bertz CT molecular complexity index is 928. The number of carbonyl (C=O) groups excluding carboxylic acids is 1. The van der Waals surface area contributed by atoms with E-state index in [0.29, 0.717) is 18.8 Å². The minimum absolute atomic E-state index is 0.195. The molecular weight excluding hydrogens is 352 g/mol. The highest BCUT2D eigenvalue weighted by Crippen LogP contribution is 2.23. The molecule has 8 heteroatoms. The van der Waals surface area contributed by atoms with Gasteiger partial charge in [0, 0.05) is 37.1 Å². The van der Waals surface area contributed by atoms with Crippen LogP contribution in [0.1, 0.15) is 29.8 Å². The van der Waals surface area contributed by atoms with Crippen LogP contribution in [0, 0.1) is 13.8 Å². The van der Waals surface area contributed by atoms with Gasteiger partial charge < -0.3 is 5.32 Å². The van der Waals surface area contributed by atoms with Crippen LogP contribution in [0.25, 0.3) is 0 Å². The van der Waals surface area contributed by atoms with Crippen molar-refractivity contribution in [1.82, 2.24) is 14.1 Å². The molecular formula is C18H24N4O3S. The van der Waals surface area contributed by atoms with Crippen LogP contribution in [0.4, 0.5) is 5.69 Å². The van der Waals surface area contributed by atoms with E-state index in [9.17, 15) is 13.2 Å². The van der Waals surface area contributed by atoms with Gasteiger partial charge in [-0.1, -0.05) is 6.07 Å². The minimum atomic E-state index is -3.50. The van der Waals surface area contributed by atoms with Crippen molar-refractivity contribution in [3.63, 3.8) is 0 Å². The molecule has 0 spiro atoms. The number of rotatable bonds is 5. The Morgan fingerprint density at radius 2 is 1.92 bits per heavy atom. The fourth-order valence-electron chi connectivity index (χ4n) is 3.25. The molecule has 0 atom stereocenters. The van der Waals surface area contributed by atoms with Gasteiger partial charge >= 0.3 is 0 Å². The average Bonchev–Trinajstić information content (AvgIpc) is 3.21. The predicted octanol–water partition coefficient (Wildman–Crippen LogP) is 2.00. The molecule has 3 rings (SSSR count). The molecule has 0 aliphatic carbocycles. The molecule has 0 radical (unpaired) electrons. The molecule has 1 saturated heterocycles. The van der Waals surface area contributed by atoms with E-state index >= 15 is 0 Å². The number of aryl methyl sites for hydroxylation is 2. The second kappa shape index (κ2) is 7.20. The van der Waals surface area contributed by atoms with Crippen molar-refractivity contribution in [3.8, 4) is 0 Å². The van der Waals surface area contributed by atoms with Gasteiger partial charge in [-0.05, 0) is 44.9 Å². The Kier molecular flexibility index (Phi) is 5.15. The van der Waals surface area contributed by atoms with Gasteiger partial charge in [-0.2, -0.15) is 9.40 Å². The lowest BCUT2D eigenvalue weighted by atomic mass is 10.1. The van der Waals surface area contributed by atoms with E-state index in [1.807, 2.05) is 20.9 Å². The smallest absolute Gasteiger partial charge is 0.243 e. The van der Waals surface area contributed by atoms with Crippen LogP contribution < -0.4 is 5.32 Å². The SMILES string of the molecule is Cc1nn(C)c(C)c1CC(=O)Nc1cccc(S(=O)(=O)N2CCCC2)c1. The van der Waals surface area contributed by atoms with Crippen LogP contribution >= 0.6 is 0 Å². The van der Waals surface area contributed by atoms with Crippen LogP contribution in [-0.2, 0) is 28.3 Å². The first-order valence-corrected chi connectivity index (χ1v) is 10.1. The summed E-state index contributed by atoms with van der Waals surface area (Å²) in [7, 11) is -1.65. The van der Waals surface area contributed by atoms with E-state index in [-0.39, 0.29) is 17.2 Å². The monoisotopic (exact) mass is 376 g/mol. The van der Waals surface area contributed by atoms with Gasteiger partial charge in [0.15, 0.2) is 0 Å². The highest BCUT2D eigenvalue weighted by Gasteiger charge is 2.27. The zero-order chi connectivity index (χ0) is 18.9. The lowest BCUT2D eigenvalue weighted by Gasteiger charge is -2.16. The number of anilines is 1. The van der Waals surface area contributed by atoms with Crippen LogP contribution in [0.2, 0.25) is 0 Å². The molecule has 0 bridgehead atoms. The molecule has 0 unspecified atom stereocenters. The Morgan fingerprint density at radius 3 is 2.54 bits per heavy atom. The van der Waals surface area contributed by atoms with Crippen LogP contribution in [0.5, 0.6) is 0 Å². The predicted molar refractivity (Wildman–Crippen MR) is 99.5 cm³/mol. The second-order valence-corrected chi connectivity index (χ2v) is 8.57. The highest BCUT2D eigenvalue weighted by atomic mass is 32.2. The quantitative estimate of drug-likeness (QED) is 0.865. The number of nitrogens with one attached hydrogen (secondary N) is 1. The summed E-state index contributed by atoms with van der Waals surface area (Å²) in [5, 5.41) is 7.11. The van der Waals surface area contributed by atoms with E-state index in [2.05, 4.69) is 10.4 Å². The Labute approximate surface area is 154 Å². The zero-order valence-electron chi connectivity index (χ0n) is 15.3. The Morgan fingerprint density at radius 1 is 1.23 bits per heavy atom. The van der Waals surface area contributed by atoms with Crippen molar-refractivity contribution in [2.45, 2.75) is 38.0 Å². The molecule has 1 aromatic heterocycles. The first-order valence-electron chi connectivity index (χ1n) is 8.68. The third-order valence-electron chi connectivity index (χ3n) is 4.82. The van der Waals surface area contributed by atoms with Crippen LogP contribution in [-0.4, -0.2) is 41.5 Å². The van der Waals surface area contributed by atoms with E-state index in [0.717, 1.165) is 29.8 Å². The maximum absolute atomic E-state index is 12.7. The topological polar surface area (TPSA) is 84.3 Å². The van der Waals surface area contributed by atoms with Crippen molar-refractivity contribution < 1.29 is 13.2 Å². The third-order valence-corrected chi connectivity index (χ3v) is 6.71. The van der Waals surface area contributed by atoms with E-state index in [4.69, 9.17) is 0 Å². The van der Waals surface area contributed by atoms with E-state index in [1.54, 1.807) is 22.9 Å². The molecule has 1 aromatic carbocycles. The molecule has 1 N–H and O–H groups in total. The molecule has 1 amide bonds. The fraction of sp³-hybridized carbons (Fsp3) is 0.444. The molecule has 140 valence electrons. The normalized spacial score (nSPS) is 15.3. The maximum atomic E-state index is 12.7. The average molecular weight is 376 g/mol. The van der Waals surface area contributed by atoms with E-state index in [1.165, 1.54) is 10.4 Å². The first kappa shape index (κ1) is 18.6. The number of amides is 1. The number of carbonyl (C=O) groups is 1. The van der Waals surface area contributed by atoms with E-state index < -0.39 is 10.0 Å². The van der Waals surface area contributed by atoms with Gasteiger partial charge in [-0.25, -0.2) is 8.42 Å². The highest BCUT2D eigenvalue weighted by molar-refractivity contribution is 7.89. The lowest BCUT2D eigenvalue weighted by molar-refractivity contribution is -0.115. The van der Waals surface area contributed by atoms with Crippen LogP contribution in [0.3, 0.4) is 0 Å². The summed E-state index contributed by atoms with van der Waals surface area (Å²) in [5.74, 6) is -0.195. The van der Waals surface area contributed by atoms with Gasteiger partial charge in [0.05, 0.1) is 17.0 Å². The number of benzene rings is 1. The minimum Gasteiger partial charge on any atom is -0.326 e.